The van der Waals surface area contributed by atoms with E-state index in [1.54, 1.807) is 11.4 Å². The molecule has 1 aromatic heterocycles. The van der Waals surface area contributed by atoms with Gasteiger partial charge >= 0.3 is 5.51 Å². The lowest BCUT2D eigenvalue weighted by Gasteiger charge is -2.47. The molecule has 1 aliphatic heterocycles. The zero-order chi connectivity index (χ0) is 18.6. The first-order chi connectivity index (χ1) is 10.7. The van der Waals surface area contributed by atoms with E-state index < -0.39 is 33.9 Å². The van der Waals surface area contributed by atoms with Gasteiger partial charge in [-0.05, 0) is 22.9 Å². The first-order valence-electron chi connectivity index (χ1n) is 7.68. The number of hydrogen-bond donors (Lipinski definition) is 0. The molecule has 0 N–H and O–H groups in total. The van der Waals surface area contributed by atoms with Gasteiger partial charge in [-0.3, -0.25) is 0 Å². The van der Waals surface area contributed by atoms with Crippen LogP contribution in [0.4, 0.5) is 13.2 Å². The summed E-state index contributed by atoms with van der Waals surface area (Å²) in [6.07, 6.45) is 0.323. The lowest BCUT2D eigenvalue weighted by molar-refractivity contribution is -0.0555. The van der Waals surface area contributed by atoms with Crippen molar-refractivity contribution in [3.05, 3.63) is 22.4 Å². The standard InChI is InChI=1S/C15H23F3O3S2Si/c1-13(2,3)24(4,5)12-8-9-21-14(12,11-7-6-10-22-11)23(19,20)15(16,17)18/h6-7,10,12H,8-9H2,1-5H3. The molecule has 1 aromatic rings. The van der Waals surface area contributed by atoms with Crippen molar-refractivity contribution in [3.63, 3.8) is 0 Å². The molecule has 0 aliphatic carbocycles. The number of halogens is 3. The lowest BCUT2D eigenvalue weighted by Crippen LogP contribution is -2.55. The third-order valence-corrected chi connectivity index (χ3v) is 15.2. The summed E-state index contributed by atoms with van der Waals surface area (Å²) < 4.78 is 71.4. The summed E-state index contributed by atoms with van der Waals surface area (Å²) in [6.45, 7) is 9.84. The van der Waals surface area contributed by atoms with Gasteiger partial charge in [-0.15, -0.1) is 11.3 Å². The van der Waals surface area contributed by atoms with Gasteiger partial charge in [-0.2, -0.15) is 13.2 Å². The second-order valence-corrected chi connectivity index (χ2v) is 16.4. The predicted octanol–water partition coefficient (Wildman–Crippen LogP) is 5.13. The van der Waals surface area contributed by atoms with E-state index in [0.717, 1.165) is 11.3 Å². The molecule has 1 fully saturated rings. The van der Waals surface area contributed by atoms with E-state index in [-0.39, 0.29) is 16.5 Å². The Bertz CT molecular complexity index is 691. The van der Waals surface area contributed by atoms with Crippen LogP contribution in [0.25, 0.3) is 0 Å². The minimum Gasteiger partial charge on any atom is -0.354 e. The number of hydrogen-bond acceptors (Lipinski definition) is 4. The van der Waals surface area contributed by atoms with E-state index >= 15 is 0 Å². The van der Waals surface area contributed by atoms with Crippen molar-refractivity contribution < 1.29 is 26.3 Å². The van der Waals surface area contributed by atoms with Crippen LogP contribution < -0.4 is 0 Å². The van der Waals surface area contributed by atoms with E-state index in [1.807, 2.05) is 33.9 Å². The van der Waals surface area contributed by atoms with Gasteiger partial charge in [0.2, 0.25) is 4.93 Å². The van der Waals surface area contributed by atoms with Crippen LogP contribution in [-0.2, 0) is 19.5 Å². The number of rotatable bonds is 3. The average molecular weight is 401 g/mol. The fourth-order valence-electron chi connectivity index (χ4n) is 3.27. The van der Waals surface area contributed by atoms with Gasteiger partial charge in [0.15, 0.2) is 0 Å². The van der Waals surface area contributed by atoms with Crippen molar-refractivity contribution >= 4 is 29.2 Å². The number of alkyl halides is 3. The molecule has 2 heterocycles. The minimum absolute atomic E-state index is 0.0182. The van der Waals surface area contributed by atoms with Gasteiger partial charge in [0.1, 0.15) is 0 Å². The molecule has 138 valence electrons. The molecule has 2 rings (SSSR count). The fraction of sp³-hybridized carbons (Fsp3) is 0.733. The third kappa shape index (κ3) is 2.67. The van der Waals surface area contributed by atoms with Crippen LogP contribution in [-0.4, -0.2) is 28.6 Å². The summed E-state index contributed by atoms with van der Waals surface area (Å²) in [4.78, 5) is -2.19. The molecule has 0 spiro atoms. The highest BCUT2D eigenvalue weighted by Crippen LogP contribution is 2.62. The van der Waals surface area contributed by atoms with Gasteiger partial charge in [0.25, 0.3) is 9.84 Å². The summed E-state index contributed by atoms with van der Waals surface area (Å²) in [5.74, 6) is 0. The van der Waals surface area contributed by atoms with Crippen LogP contribution in [0, 0.1) is 0 Å². The minimum atomic E-state index is -5.53. The van der Waals surface area contributed by atoms with Gasteiger partial charge in [0.05, 0.1) is 13.0 Å². The highest BCUT2D eigenvalue weighted by Gasteiger charge is 2.70. The second-order valence-electron chi connectivity index (χ2n) is 7.76. The number of ether oxygens (including phenoxy) is 1. The molecule has 0 radical (unpaired) electrons. The molecular weight excluding hydrogens is 377 g/mol. The molecule has 0 amide bonds. The fourth-order valence-corrected chi connectivity index (χ4v) is 10.5. The Morgan fingerprint density at radius 3 is 2.29 bits per heavy atom. The Balaban J connectivity index is 2.78. The van der Waals surface area contributed by atoms with Crippen LogP contribution in [0.1, 0.15) is 32.1 Å². The van der Waals surface area contributed by atoms with Crippen LogP contribution in [0.5, 0.6) is 0 Å². The summed E-state index contributed by atoms with van der Waals surface area (Å²) in [5.41, 5.74) is -6.03. The topological polar surface area (TPSA) is 43.4 Å². The largest absolute Gasteiger partial charge is 0.500 e. The highest BCUT2D eigenvalue weighted by molar-refractivity contribution is 7.93. The van der Waals surface area contributed by atoms with Crippen LogP contribution in [0.3, 0.4) is 0 Å². The zero-order valence-electron chi connectivity index (χ0n) is 14.4. The highest BCUT2D eigenvalue weighted by atomic mass is 32.2. The monoisotopic (exact) mass is 400 g/mol. The Hall–Kier alpha value is -0.383. The molecule has 0 bridgehead atoms. The van der Waals surface area contributed by atoms with Crippen molar-refractivity contribution in [2.45, 2.75) is 61.3 Å². The van der Waals surface area contributed by atoms with E-state index in [1.165, 1.54) is 6.07 Å². The quantitative estimate of drug-likeness (QED) is 0.660. The second kappa shape index (κ2) is 5.82. The van der Waals surface area contributed by atoms with Crippen LogP contribution >= 0.6 is 11.3 Å². The molecule has 1 aliphatic rings. The summed E-state index contributed by atoms with van der Waals surface area (Å²) in [6, 6.07) is 3.01. The van der Waals surface area contributed by atoms with E-state index in [2.05, 4.69) is 0 Å². The summed E-state index contributed by atoms with van der Waals surface area (Å²) in [5, 5.41) is 1.32. The molecule has 0 saturated carbocycles. The first-order valence-corrected chi connectivity index (χ1v) is 13.1. The maximum atomic E-state index is 13.5. The maximum Gasteiger partial charge on any atom is 0.500 e. The average Bonchev–Trinajstić information content (AvgIpc) is 3.05. The predicted molar refractivity (Wildman–Crippen MR) is 92.5 cm³/mol. The van der Waals surface area contributed by atoms with Crippen LogP contribution in [0.2, 0.25) is 23.7 Å². The molecule has 2 unspecified atom stereocenters. The Kier molecular flexibility index (Phi) is 4.83. The maximum absolute atomic E-state index is 13.5. The van der Waals surface area contributed by atoms with Crippen molar-refractivity contribution in [2.24, 2.45) is 0 Å². The van der Waals surface area contributed by atoms with E-state index in [9.17, 15) is 21.6 Å². The molecule has 9 heteroatoms. The Labute approximate surface area is 146 Å². The van der Waals surface area contributed by atoms with Crippen molar-refractivity contribution in [1.82, 2.24) is 0 Å². The number of sulfone groups is 1. The van der Waals surface area contributed by atoms with E-state index in [4.69, 9.17) is 4.74 Å². The molecule has 0 aromatic carbocycles. The first kappa shape index (κ1) is 19.9. The normalized spacial score (nSPS) is 26.8. The molecule has 24 heavy (non-hydrogen) atoms. The number of thiophene rings is 1. The zero-order valence-corrected chi connectivity index (χ0v) is 17.0. The summed E-state index contributed by atoms with van der Waals surface area (Å²) in [7, 11) is -7.98. The van der Waals surface area contributed by atoms with Crippen molar-refractivity contribution in [2.75, 3.05) is 6.61 Å². The van der Waals surface area contributed by atoms with Gasteiger partial charge in [-0.25, -0.2) is 8.42 Å². The smallest absolute Gasteiger partial charge is 0.354 e. The third-order valence-electron chi connectivity index (χ3n) is 5.55. The van der Waals surface area contributed by atoms with Gasteiger partial charge in [-0.1, -0.05) is 39.9 Å². The van der Waals surface area contributed by atoms with E-state index in [0.29, 0.717) is 6.42 Å². The molecule has 3 nitrogen and oxygen atoms in total. The van der Waals surface area contributed by atoms with Gasteiger partial charge in [0, 0.05) is 12.1 Å². The van der Waals surface area contributed by atoms with Gasteiger partial charge < -0.3 is 4.74 Å². The van der Waals surface area contributed by atoms with Crippen molar-refractivity contribution in [1.29, 1.82) is 0 Å². The van der Waals surface area contributed by atoms with Crippen LogP contribution in [0.15, 0.2) is 17.5 Å². The SMILES string of the molecule is CC(C)(C)[Si](C)(C)C1CCOC1(c1cccs1)S(=O)(=O)C(F)(F)F. The summed E-state index contributed by atoms with van der Waals surface area (Å²) >= 11 is 1.01. The molecular formula is C15H23F3O3S2Si. The molecule has 2 atom stereocenters. The molecule has 1 saturated heterocycles. The lowest BCUT2D eigenvalue weighted by atomic mass is 10.2. The Morgan fingerprint density at radius 2 is 1.88 bits per heavy atom. The Morgan fingerprint density at radius 1 is 1.29 bits per heavy atom. The van der Waals surface area contributed by atoms with Crippen molar-refractivity contribution in [3.8, 4) is 0 Å².